The summed E-state index contributed by atoms with van der Waals surface area (Å²) in [7, 11) is -7.63. The third-order valence-electron chi connectivity index (χ3n) is 1.83. The van der Waals surface area contributed by atoms with Crippen LogP contribution in [-0.4, -0.2) is 16.6 Å². The molecule has 0 aliphatic carbocycles. The van der Waals surface area contributed by atoms with Crippen molar-refractivity contribution < 1.29 is 12.6 Å². The van der Waals surface area contributed by atoms with E-state index in [4.69, 9.17) is 0 Å². The molecule has 2 rings (SSSR count). The molecule has 1 aromatic rings. The molecule has 0 saturated carbocycles. The number of halogens is 3. The SMILES string of the molecule is F[P+]1=C[P+](c2ccccc2)=CP(F)(F)=C1. The fraction of sp³-hybridized carbons (Fsp3) is 0. The van der Waals surface area contributed by atoms with Crippen LogP contribution in [0.3, 0.4) is 0 Å². The monoisotopic (exact) mass is 266 g/mol. The van der Waals surface area contributed by atoms with Gasteiger partial charge in [0.05, 0.1) is 0 Å². The average molecular weight is 266 g/mol. The lowest BCUT2D eigenvalue weighted by Gasteiger charge is -1.95. The highest BCUT2D eigenvalue weighted by molar-refractivity contribution is 8.10. The highest BCUT2D eigenvalue weighted by atomic mass is 31.2. The fourth-order valence-corrected chi connectivity index (χ4v) is 8.62. The van der Waals surface area contributed by atoms with E-state index in [0.717, 1.165) is 10.8 Å². The van der Waals surface area contributed by atoms with Crippen LogP contribution >= 0.6 is 22.9 Å². The molecule has 0 fully saturated rings. The van der Waals surface area contributed by atoms with Gasteiger partial charge in [0.15, 0.2) is 10.8 Å². The Morgan fingerprint density at radius 3 is 2.33 bits per heavy atom. The fourth-order valence-electron chi connectivity index (χ4n) is 1.25. The molecule has 1 aliphatic heterocycles. The molecule has 0 bridgehead atoms. The van der Waals surface area contributed by atoms with Gasteiger partial charge in [-0.3, -0.25) is 0 Å². The number of benzene rings is 1. The van der Waals surface area contributed by atoms with E-state index < -0.39 is 22.9 Å². The lowest BCUT2D eigenvalue weighted by atomic mass is 10.4. The first-order valence-corrected chi connectivity index (χ1v) is 8.75. The molecule has 2 atom stereocenters. The summed E-state index contributed by atoms with van der Waals surface area (Å²) in [6, 6.07) is 8.93. The minimum absolute atomic E-state index is 0.601. The maximum Gasteiger partial charge on any atom is 0.397 e. The van der Waals surface area contributed by atoms with E-state index in [2.05, 4.69) is 0 Å². The van der Waals surface area contributed by atoms with Crippen LogP contribution in [0.2, 0.25) is 0 Å². The van der Waals surface area contributed by atoms with Gasteiger partial charge in [-0.2, -0.15) is 8.39 Å². The first-order valence-electron chi connectivity index (χ1n) is 4.19. The first kappa shape index (κ1) is 11.1. The molecule has 2 unspecified atom stereocenters. The van der Waals surface area contributed by atoms with E-state index in [0.29, 0.717) is 5.54 Å². The van der Waals surface area contributed by atoms with Crippen LogP contribution in [-0.2, 0) is 0 Å². The van der Waals surface area contributed by atoms with Crippen LogP contribution in [0.15, 0.2) is 30.3 Å². The molecule has 0 nitrogen and oxygen atoms in total. The van der Waals surface area contributed by atoms with Gasteiger partial charge in [-0.05, 0) is 12.1 Å². The molecule has 6 heteroatoms. The number of hydrogen-bond acceptors (Lipinski definition) is 0. The third-order valence-corrected chi connectivity index (χ3v) is 8.94. The molecule has 1 heterocycles. The molecule has 0 N–H and O–H groups in total. The largest absolute Gasteiger partial charge is 0.397 e. The van der Waals surface area contributed by atoms with E-state index in [1.807, 2.05) is 6.07 Å². The zero-order valence-electron chi connectivity index (χ0n) is 7.59. The minimum Gasteiger partial charge on any atom is -0.181 e. The maximum atomic E-state index is 13.2. The normalized spacial score (nSPS) is 23.7. The number of rotatable bonds is 1. The Bertz CT molecular complexity index is 485. The Hall–Kier alpha value is -0.350. The standard InChI is InChI=1S/C9H8F3P3/c10-14-6-13(7-15(11,12)8-14)9-4-2-1-3-5-9/h1-8H/q+2. The van der Waals surface area contributed by atoms with Crippen molar-refractivity contribution in [2.24, 2.45) is 0 Å². The smallest absolute Gasteiger partial charge is 0.181 e. The van der Waals surface area contributed by atoms with Crippen molar-refractivity contribution in [2.75, 3.05) is 0 Å². The molecular weight excluding hydrogens is 258 g/mol. The van der Waals surface area contributed by atoms with Crippen molar-refractivity contribution in [1.82, 2.24) is 0 Å². The van der Waals surface area contributed by atoms with Crippen LogP contribution in [0.4, 0.5) is 12.6 Å². The average Bonchev–Trinajstić information content (AvgIpc) is 2.16. The topological polar surface area (TPSA) is 0 Å². The molecule has 1 aliphatic rings. The molecular formula is C9H8F3P3+2. The zero-order valence-corrected chi connectivity index (χ0v) is 10.3. The predicted octanol–water partition coefficient (Wildman–Crippen LogP) is 4.24. The van der Waals surface area contributed by atoms with Gasteiger partial charge in [0.1, 0.15) is 0 Å². The van der Waals surface area contributed by atoms with E-state index >= 15 is 0 Å². The molecule has 15 heavy (non-hydrogen) atoms. The Labute approximate surface area is 88.2 Å². The second-order valence-corrected chi connectivity index (χ2v) is 9.03. The summed E-state index contributed by atoms with van der Waals surface area (Å²) in [4.78, 5) is 0. The predicted molar refractivity (Wildman–Crippen MR) is 68.4 cm³/mol. The summed E-state index contributed by atoms with van der Waals surface area (Å²) in [5, 5.41) is 0.797. The molecule has 1 aromatic carbocycles. The summed E-state index contributed by atoms with van der Waals surface area (Å²) >= 11 is 0. The van der Waals surface area contributed by atoms with Crippen LogP contribution in [0.5, 0.6) is 0 Å². The van der Waals surface area contributed by atoms with Crippen LogP contribution < -0.4 is 5.30 Å². The lowest BCUT2D eigenvalue weighted by Crippen LogP contribution is -1.97. The Balaban J connectivity index is 2.50. The van der Waals surface area contributed by atoms with E-state index in [1.54, 1.807) is 24.3 Å². The van der Waals surface area contributed by atoms with Gasteiger partial charge in [0, 0.05) is 4.20 Å². The van der Waals surface area contributed by atoms with Crippen LogP contribution in [0.1, 0.15) is 0 Å². The lowest BCUT2D eigenvalue weighted by molar-refractivity contribution is 0.764. The molecule has 0 spiro atoms. The van der Waals surface area contributed by atoms with E-state index in [1.165, 1.54) is 5.54 Å². The maximum absolute atomic E-state index is 13.2. The first-order chi connectivity index (χ1) is 7.07. The van der Waals surface area contributed by atoms with Gasteiger partial charge in [-0.25, -0.2) is 0 Å². The van der Waals surface area contributed by atoms with Crippen molar-refractivity contribution in [3.8, 4) is 0 Å². The summed E-state index contributed by atoms with van der Waals surface area (Å²) in [5.74, 6) is 0. The van der Waals surface area contributed by atoms with Crippen molar-refractivity contribution >= 4 is 44.8 Å². The molecule has 0 aromatic heterocycles. The van der Waals surface area contributed by atoms with Gasteiger partial charge >= 0.3 is 20.9 Å². The Morgan fingerprint density at radius 2 is 1.73 bits per heavy atom. The van der Waals surface area contributed by atoms with Crippen molar-refractivity contribution in [3.63, 3.8) is 0 Å². The van der Waals surface area contributed by atoms with E-state index in [-0.39, 0.29) is 0 Å². The summed E-state index contributed by atoms with van der Waals surface area (Å²) in [6.07, 6.45) is 0. The summed E-state index contributed by atoms with van der Waals surface area (Å²) in [5.41, 5.74) is 3.08. The van der Waals surface area contributed by atoms with E-state index in [9.17, 15) is 12.6 Å². The van der Waals surface area contributed by atoms with Crippen LogP contribution in [0.25, 0.3) is 0 Å². The second kappa shape index (κ2) is 4.26. The Kier molecular flexibility index (Phi) is 3.16. The number of hydrogen-bond donors (Lipinski definition) is 0. The highest BCUT2D eigenvalue weighted by Crippen LogP contribution is 2.57. The van der Waals surface area contributed by atoms with Gasteiger partial charge in [0.2, 0.25) is 13.1 Å². The minimum atomic E-state index is -4.21. The van der Waals surface area contributed by atoms with Crippen LogP contribution in [0, 0.1) is 0 Å². The van der Waals surface area contributed by atoms with Crippen molar-refractivity contribution in [3.05, 3.63) is 30.3 Å². The highest BCUT2D eigenvalue weighted by Gasteiger charge is 2.35. The quantitative estimate of drug-likeness (QED) is 0.667. The Morgan fingerprint density at radius 1 is 1.07 bits per heavy atom. The zero-order chi connectivity index (χ0) is 10.9. The van der Waals surface area contributed by atoms with Gasteiger partial charge in [0.25, 0.3) is 0 Å². The molecule has 0 radical (unpaired) electrons. The molecule has 0 amide bonds. The third kappa shape index (κ3) is 2.82. The summed E-state index contributed by atoms with van der Waals surface area (Å²) < 4.78 is 39.4. The second-order valence-electron chi connectivity index (χ2n) is 3.04. The van der Waals surface area contributed by atoms with Gasteiger partial charge in [-0.15, -0.1) is 0 Å². The van der Waals surface area contributed by atoms with Gasteiger partial charge < -0.3 is 0 Å². The van der Waals surface area contributed by atoms with Crippen molar-refractivity contribution in [2.45, 2.75) is 0 Å². The summed E-state index contributed by atoms with van der Waals surface area (Å²) in [6.45, 7) is 0. The van der Waals surface area contributed by atoms with Crippen molar-refractivity contribution in [1.29, 1.82) is 0 Å². The molecule has 0 saturated heterocycles. The molecule has 78 valence electrons. The van der Waals surface area contributed by atoms with Gasteiger partial charge in [-0.1, -0.05) is 18.2 Å².